The number of rotatable bonds is 6. The van der Waals surface area contributed by atoms with Crippen LogP contribution in [0, 0.1) is 5.92 Å². The molecule has 1 atom stereocenters. The molecule has 3 heteroatoms. The van der Waals surface area contributed by atoms with Crippen molar-refractivity contribution in [2.45, 2.75) is 25.3 Å². The zero-order valence-corrected chi connectivity index (χ0v) is 10.3. The summed E-state index contributed by atoms with van der Waals surface area (Å²) in [5, 5.41) is 6.15. The van der Waals surface area contributed by atoms with Gasteiger partial charge in [-0.25, -0.2) is 0 Å². The van der Waals surface area contributed by atoms with Crippen LogP contribution < -0.4 is 10.6 Å². The Kier molecular flexibility index (Phi) is 4.15. The largest absolute Gasteiger partial charge is 0.359 e. The first kappa shape index (κ1) is 12.1. The van der Waals surface area contributed by atoms with Gasteiger partial charge in [0.1, 0.15) is 0 Å². The van der Waals surface area contributed by atoms with Crippen molar-refractivity contribution in [3.05, 3.63) is 35.9 Å². The third kappa shape index (κ3) is 3.56. The van der Waals surface area contributed by atoms with Gasteiger partial charge >= 0.3 is 0 Å². The quantitative estimate of drug-likeness (QED) is 0.786. The van der Waals surface area contributed by atoms with Crippen molar-refractivity contribution in [2.75, 3.05) is 13.6 Å². The number of carbonyl (C=O) groups excluding carboxylic acids is 1. The first-order valence-corrected chi connectivity index (χ1v) is 6.30. The number of hydrogen-bond acceptors (Lipinski definition) is 2. The predicted molar refractivity (Wildman–Crippen MR) is 68.6 cm³/mol. The maximum atomic E-state index is 11.2. The molecule has 3 nitrogen and oxygen atoms in total. The second kappa shape index (κ2) is 5.82. The van der Waals surface area contributed by atoms with Crippen molar-refractivity contribution in [3.63, 3.8) is 0 Å². The zero-order chi connectivity index (χ0) is 12.1. The highest BCUT2D eigenvalue weighted by Gasteiger charge is 2.31. The van der Waals surface area contributed by atoms with Gasteiger partial charge in [0, 0.05) is 26.1 Å². The molecular formula is C14H20N2O. The monoisotopic (exact) mass is 232 g/mol. The Balaban J connectivity index is 1.88. The Morgan fingerprint density at radius 2 is 2.06 bits per heavy atom. The van der Waals surface area contributed by atoms with Gasteiger partial charge in [-0.1, -0.05) is 30.3 Å². The second-order valence-electron chi connectivity index (χ2n) is 4.60. The lowest BCUT2D eigenvalue weighted by atomic mass is 10.0. The van der Waals surface area contributed by atoms with Crippen molar-refractivity contribution in [3.8, 4) is 0 Å². The molecule has 1 aromatic rings. The first-order valence-electron chi connectivity index (χ1n) is 6.30. The summed E-state index contributed by atoms with van der Waals surface area (Å²) < 4.78 is 0. The number of hydrogen-bond donors (Lipinski definition) is 2. The molecule has 1 amide bonds. The normalized spacial score (nSPS) is 16.5. The fraction of sp³-hybridized carbons (Fsp3) is 0.500. The summed E-state index contributed by atoms with van der Waals surface area (Å²) in [6.07, 6.45) is 3.14. The molecule has 0 aromatic heterocycles. The van der Waals surface area contributed by atoms with Crippen LogP contribution in [-0.2, 0) is 4.79 Å². The molecule has 2 N–H and O–H groups in total. The molecule has 1 saturated carbocycles. The Hall–Kier alpha value is -1.35. The van der Waals surface area contributed by atoms with E-state index in [4.69, 9.17) is 0 Å². The lowest BCUT2D eigenvalue weighted by molar-refractivity contribution is -0.120. The van der Waals surface area contributed by atoms with E-state index in [0.29, 0.717) is 12.5 Å². The first-order chi connectivity index (χ1) is 8.31. The lowest BCUT2D eigenvalue weighted by Gasteiger charge is -2.18. The van der Waals surface area contributed by atoms with Crippen LogP contribution in [0.3, 0.4) is 0 Å². The molecule has 1 unspecified atom stereocenters. The van der Waals surface area contributed by atoms with Gasteiger partial charge in [-0.15, -0.1) is 0 Å². The predicted octanol–water partition coefficient (Wildman–Crippen LogP) is 1.86. The van der Waals surface area contributed by atoms with E-state index in [1.54, 1.807) is 7.05 Å². The highest BCUT2D eigenvalue weighted by atomic mass is 16.1. The van der Waals surface area contributed by atoms with Gasteiger partial charge in [-0.05, 0) is 24.3 Å². The van der Waals surface area contributed by atoms with E-state index >= 15 is 0 Å². The average molecular weight is 232 g/mol. The summed E-state index contributed by atoms with van der Waals surface area (Å²) in [6, 6.07) is 10.9. The molecule has 0 radical (unpaired) electrons. The van der Waals surface area contributed by atoms with Crippen LogP contribution in [0.5, 0.6) is 0 Å². The van der Waals surface area contributed by atoms with Crippen LogP contribution in [0.1, 0.15) is 30.9 Å². The van der Waals surface area contributed by atoms with Gasteiger partial charge in [0.15, 0.2) is 0 Å². The van der Waals surface area contributed by atoms with Crippen molar-refractivity contribution >= 4 is 5.91 Å². The zero-order valence-electron chi connectivity index (χ0n) is 10.3. The number of carbonyl (C=O) groups is 1. The summed E-state index contributed by atoms with van der Waals surface area (Å²) in [5.74, 6) is 0.849. The van der Waals surface area contributed by atoms with Gasteiger partial charge in [0.2, 0.25) is 5.91 Å². The molecule has 1 aliphatic carbocycles. The molecule has 1 aromatic carbocycles. The van der Waals surface area contributed by atoms with Gasteiger partial charge in [0.25, 0.3) is 0 Å². The maximum absolute atomic E-state index is 11.2. The van der Waals surface area contributed by atoms with Crippen LogP contribution in [0.25, 0.3) is 0 Å². The Morgan fingerprint density at radius 3 is 2.65 bits per heavy atom. The molecule has 0 bridgehead atoms. The summed E-state index contributed by atoms with van der Waals surface area (Å²) in [7, 11) is 1.68. The highest BCUT2D eigenvalue weighted by Crippen LogP contribution is 2.40. The molecule has 17 heavy (non-hydrogen) atoms. The maximum Gasteiger partial charge on any atom is 0.221 e. The van der Waals surface area contributed by atoms with E-state index in [2.05, 4.69) is 34.9 Å². The summed E-state index contributed by atoms with van der Waals surface area (Å²) in [6.45, 7) is 0.746. The van der Waals surface area contributed by atoms with E-state index in [-0.39, 0.29) is 5.91 Å². The van der Waals surface area contributed by atoms with Crippen LogP contribution >= 0.6 is 0 Å². The van der Waals surface area contributed by atoms with Gasteiger partial charge in [-0.3, -0.25) is 4.79 Å². The van der Waals surface area contributed by atoms with Gasteiger partial charge < -0.3 is 10.6 Å². The van der Waals surface area contributed by atoms with E-state index in [0.717, 1.165) is 12.5 Å². The molecule has 92 valence electrons. The minimum absolute atomic E-state index is 0.0973. The van der Waals surface area contributed by atoms with Gasteiger partial charge in [-0.2, -0.15) is 0 Å². The molecule has 2 rings (SSSR count). The minimum Gasteiger partial charge on any atom is -0.359 e. The molecule has 1 fully saturated rings. The molecule has 1 aliphatic rings. The van der Waals surface area contributed by atoms with Crippen molar-refractivity contribution in [2.24, 2.45) is 5.92 Å². The van der Waals surface area contributed by atoms with E-state index in [1.807, 2.05) is 6.07 Å². The summed E-state index contributed by atoms with van der Waals surface area (Å²) in [4.78, 5) is 11.2. The Morgan fingerprint density at radius 1 is 1.35 bits per heavy atom. The summed E-state index contributed by atoms with van der Waals surface area (Å²) in [5.41, 5.74) is 1.34. The van der Waals surface area contributed by atoms with Crippen LogP contribution in [0.2, 0.25) is 0 Å². The average Bonchev–Trinajstić information content (AvgIpc) is 3.19. The van der Waals surface area contributed by atoms with Crippen molar-refractivity contribution in [1.82, 2.24) is 10.6 Å². The van der Waals surface area contributed by atoms with E-state index in [1.165, 1.54) is 18.4 Å². The van der Waals surface area contributed by atoms with Crippen LogP contribution in [-0.4, -0.2) is 19.5 Å². The Bertz CT molecular complexity index is 360. The Labute approximate surface area is 103 Å². The molecule has 0 saturated heterocycles. The summed E-state index contributed by atoms with van der Waals surface area (Å²) >= 11 is 0. The van der Waals surface area contributed by atoms with Gasteiger partial charge in [0.05, 0.1) is 0 Å². The molecular weight excluding hydrogens is 212 g/mol. The fourth-order valence-corrected chi connectivity index (χ4v) is 2.11. The molecule has 0 spiro atoms. The fourth-order valence-electron chi connectivity index (χ4n) is 2.11. The molecule has 0 aliphatic heterocycles. The smallest absolute Gasteiger partial charge is 0.221 e. The number of amides is 1. The van der Waals surface area contributed by atoms with Crippen LogP contribution in [0.4, 0.5) is 0 Å². The second-order valence-corrected chi connectivity index (χ2v) is 4.60. The molecule has 0 heterocycles. The number of nitrogens with one attached hydrogen (secondary N) is 2. The third-order valence-corrected chi connectivity index (χ3v) is 3.25. The van der Waals surface area contributed by atoms with E-state index in [9.17, 15) is 4.79 Å². The van der Waals surface area contributed by atoms with E-state index < -0.39 is 0 Å². The SMILES string of the molecule is CNC(=O)CCNC(c1ccccc1)C1CC1. The third-order valence-electron chi connectivity index (χ3n) is 3.25. The number of benzene rings is 1. The minimum atomic E-state index is 0.0973. The topological polar surface area (TPSA) is 41.1 Å². The van der Waals surface area contributed by atoms with Crippen LogP contribution in [0.15, 0.2) is 30.3 Å². The van der Waals surface area contributed by atoms with Crippen molar-refractivity contribution in [1.29, 1.82) is 0 Å². The lowest BCUT2D eigenvalue weighted by Crippen LogP contribution is -2.28. The van der Waals surface area contributed by atoms with Crippen molar-refractivity contribution < 1.29 is 4.79 Å². The standard InChI is InChI=1S/C14H20N2O/c1-15-13(17)9-10-16-14(12-7-8-12)11-5-3-2-4-6-11/h2-6,12,14,16H,7-10H2,1H3,(H,15,17). The highest BCUT2D eigenvalue weighted by molar-refractivity contribution is 5.75.